The van der Waals surface area contributed by atoms with E-state index in [-0.39, 0.29) is 5.91 Å². The van der Waals surface area contributed by atoms with Gasteiger partial charge in [-0.3, -0.25) is 4.79 Å². The Bertz CT molecular complexity index is 1470. The van der Waals surface area contributed by atoms with Crippen LogP contribution in [0.15, 0.2) is 36.4 Å². The van der Waals surface area contributed by atoms with Crippen molar-refractivity contribution < 1.29 is 4.79 Å². The number of nitrogens with zero attached hydrogens (tertiary/aromatic N) is 1. The number of nitrogens with one attached hydrogen (secondary N) is 2. The van der Waals surface area contributed by atoms with Crippen LogP contribution in [0.3, 0.4) is 0 Å². The summed E-state index contributed by atoms with van der Waals surface area (Å²) in [5.41, 5.74) is 8.89. The Labute approximate surface area is 155 Å². The van der Waals surface area contributed by atoms with E-state index < -0.39 is 0 Å². The highest BCUT2D eigenvalue weighted by molar-refractivity contribution is 6.30. The lowest BCUT2D eigenvalue weighted by Gasteiger charge is -2.06. The summed E-state index contributed by atoms with van der Waals surface area (Å²) in [6.45, 7) is 4.80. The zero-order valence-corrected chi connectivity index (χ0v) is 15.5. The second-order valence-corrected chi connectivity index (χ2v) is 7.76. The standard InChI is InChI=1S/C23H19N3O/c1-11-4-6-16-13(8-11)18-15-10-24-23(27)20(15)19-14-9-12(2)5-7-17(14)26(3)22(19)21(18)25-16/h4-9,25H,10H2,1-3H3,(H,24,27). The minimum atomic E-state index is 0.0351. The third-order valence-corrected chi connectivity index (χ3v) is 6.05. The van der Waals surface area contributed by atoms with Crippen LogP contribution in [0.5, 0.6) is 0 Å². The fourth-order valence-corrected chi connectivity index (χ4v) is 4.86. The van der Waals surface area contributed by atoms with Crippen LogP contribution in [0.4, 0.5) is 0 Å². The van der Waals surface area contributed by atoms with E-state index in [0.717, 1.165) is 44.0 Å². The molecule has 0 aliphatic carbocycles. The average Bonchev–Trinajstić information content (AvgIpc) is 3.28. The average molecular weight is 353 g/mol. The molecule has 0 spiro atoms. The van der Waals surface area contributed by atoms with Gasteiger partial charge >= 0.3 is 0 Å². The van der Waals surface area contributed by atoms with Crippen LogP contribution >= 0.6 is 0 Å². The number of aromatic amines is 1. The molecular formula is C23H19N3O. The lowest BCUT2D eigenvalue weighted by molar-refractivity contribution is 0.0967. The molecule has 3 heterocycles. The summed E-state index contributed by atoms with van der Waals surface area (Å²) in [7, 11) is 2.09. The van der Waals surface area contributed by atoms with Crippen molar-refractivity contribution in [3.8, 4) is 0 Å². The van der Waals surface area contributed by atoms with Crippen molar-refractivity contribution in [2.24, 2.45) is 7.05 Å². The predicted octanol–water partition coefficient (Wildman–Crippen LogP) is 4.83. The molecule has 4 heteroatoms. The Morgan fingerprint density at radius 2 is 1.70 bits per heavy atom. The van der Waals surface area contributed by atoms with Crippen LogP contribution in [-0.4, -0.2) is 15.5 Å². The molecule has 6 rings (SSSR count). The van der Waals surface area contributed by atoms with E-state index in [0.29, 0.717) is 6.54 Å². The van der Waals surface area contributed by atoms with Crippen molar-refractivity contribution in [3.05, 3.63) is 58.7 Å². The van der Waals surface area contributed by atoms with Gasteiger partial charge in [0.15, 0.2) is 0 Å². The molecule has 1 aliphatic heterocycles. The maximum atomic E-state index is 12.9. The van der Waals surface area contributed by atoms with Gasteiger partial charge in [-0.15, -0.1) is 0 Å². The first-order valence-electron chi connectivity index (χ1n) is 9.28. The third kappa shape index (κ3) is 1.70. The van der Waals surface area contributed by atoms with Gasteiger partial charge < -0.3 is 14.9 Å². The summed E-state index contributed by atoms with van der Waals surface area (Å²) < 4.78 is 2.22. The van der Waals surface area contributed by atoms with Gasteiger partial charge in [0, 0.05) is 46.2 Å². The van der Waals surface area contributed by atoms with E-state index in [1.165, 1.54) is 21.9 Å². The van der Waals surface area contributed by atoms with E-state index in [9.17, 15) is 4.79 Å². The molecule has 0 saturated heterocycles. The molecule has 0 unspecified atom stereocenters. The molecule has 0 radical (unpaired) electrons. The molecule has 0 saturated carbocycles. The number of fused-ring (bicyclic) bond motifs is 10. The molecule has 132 valence electrons. The van der Waals surface area contributed by atoms with Gasteiger partial charge in [-0.2, -0.15) is 0 Å². The molecule has 1 aliphatic rings. The van der Waals surface area contributed by atoms with Crippen LogP contribution in [0.1, 0.15) is 27.0 Å². The van der Waals surface area contributed by atoms with E-state index in [2.05, 4.69) is 72.2 Å². The maximum absolute atomic E-state index is 12.9. The van der Waals surface area contributed by atoms with E-state index in [4.69, 9.17) is 0 Å². The zero-order valence-electron chi connectivity index (χ0n) is 15.5. The highest BCUT2D eigenvalue weighted by Gasteiger charge is 2.30. The Morgan fingerprint density at radius 3 is 2.52 bits per heavy atom. The van der Waals surface area contributed by atoms with Gasteiger partial charge in [0.05, 0.1) is 16.6 Å². The number of carbonyl (C=O) groups is 1. The number of amides is 1. The van der Waals surface area contributed by atoms with Gasteiger partial charge in [0.1, 0.15) is 0 Å². The van der Waals surface area contributed by atoms with Crippen molar-refractivity contribution >= 4 is 49.5 Å². The summed E-state index contributed by atoms with van der Waals surface area (Å²) in [4.78, 5) is 16.5. The topological polar surface area (TPSA) is 49.8 Å². The number of hydrogen-bond acceptors (Lipinski definition) is 1. The Kier molecular flexibility index (Phi) is 2.59. The highest BCUT2D eigenvalue weighted by atomic mass is 16.1. The number of hydrogen-bond donors (Lipinski definition) is 2. The molecule has 0 bridgehead atoms. The van der Waals surface area contributed by atoms with Gasteiger partial charge in [-0.1, -0.05) is 23.3 Å². The molecule has 3 aromatic carbocycles. The second kappa shape index (κ2) is 4.71. The van der Waals surface area contributed by atoms with E-state index >= 15 is 0 Å². The number of benzene rings is 3. The van der Waals surface area contributed by atoms with Gasteiger partial charge in [-0.05, 0) is 43.7 Å². The largest absolute Gasteiger partial charge is 0.353 e. The molecule has 4 nitrogen and oxygen atoms in total. The molecule has 0 fully saturated rings. The fraction of sp³-hybridized carbons (Fsp3) is 0.174. The van der Waals surface area contributed by atoms with Crippen molar-refractivity contribution in [2.45, 2.75) is 20.4 Å². The molecule has 2 N–H and O–H groups in total. The first-order valence-corrected chi connectivity index (χ1v) is 9.28. The third-order valence-electron chi connectivity index (χ3n) is 6.05. The van der Waals surface area contributed by atoms with Crippen LogP contribution in [-0.2, 0) is 13.6 Å². The molecule has 5 aromatic rings. The smallest absolute Gasteiger partial charge is 0.252 e. The first-order chi connectivity index (χ1) is 13.0. The Hall–Kier alpha value is -3.27. The molecular weight excluding hydrogens is 334 g/mol. The predicted molar refractivity (Wildman–Crippen MR) is 110 cm³/mol. The normalized spacial score (nSPS) is 14.0. The molecule has 1 amide bonds. The summed E-state index contributed by atoms with van der Waals surface area (Å²) in [6, 6.07) is 13.0. The minimum absolute atomic E-state index is 0.0351. The number of aromatic nitrogens is 2. The lowest BCUT2D eigenvalue weighted by Crippen LogP contribution is -2.12. The second-order valence-electron chi connectivity index (χ2n) is 7.76. The lowest BCUT2D eigenvalue weighted by atomic mass is 9.96. The monoisotopic (exact) mass is 353 g/mol. The van der Waals surface area contributed by atoms with Crippen molar-refractivity contribution in [2.75, 3.05) is 0 Å². The van der Waals surface area contributed by atoms with Crippen molar-refractivity contribution in [1.29, 1.82) is 0 Å². The number of carbonyl (C=O) groups excluding carboxylic acids is 1. The SMILES string of the molecule is Cc1ccc2[nH]c3c(c4c(c5c6cc(C)ccc6n(C)c35)C(=O)NC4)c2c1. The van der Waals surface area contributed by atoms with Crippen LogP contribution in [0.2, 0.25) is 0 Å². The van der Waals surface area contributed by atoms with Crippen LogP contribution in [0.25, 0.3) is 43.6 Å². The van der Waals surface area contributed by atoms with Gasteiger partial charge in [0.2, 0.25) is 0 Å². The summed E-state index contributed by atoms with van der Waals surface area (Å²) in [6.07, 6.45) is 0. The summed E-state index contributed by atoms with van der Waals surface area (Å²) >= 11 is 0. The van der Waals surface area contributed by atoms with E-state index in [1.54, 1.807) is 0 Å². The van der Waals surface area contributed by atoms with Crippen LogP contribution < -0.4 is 5.32 Å². The number of rotatable bonds is 0. The minimum Gasteiger partial charge on any atom is -0.353 e. The summed E-state index contributed by atoms with van der Waals surface area (Å²) in [5.74, 6) is 0.0351. The molecule has 2 aromatic heterocycles. The van der Waals surface area contributed by atoms with Gasteiger partial charge in [0.25, 0.3) is 5.91 Å². The Morgan fingerprint density at radius 1 is 0.963 bits per heavy atom. The van der Waals surface area contributed by atoms with Gasteiger partial charge in [-0.25, -0.2) is 0 Å². The highest BCUT2D eigenvalue weighted by Crippen LogP contribution is 2.43. The Balaban J connectivity index is 2.00. The molecule has 27 heavy (non-hydrogen) atoms. The summed E-state index contributed by atoms with van der Waals surface area (Å²) in [5, 5.41) is 7.66. The number of aryl methyl sites for hydroxylation is 3. The number of H-pyrrole nitrogens is 1. The fourth-order valence-electron chi connectivity index (χ4n) is 4.86. The quantitative estimate of drug-likeness (QED) is 0.412. The van der Waals surface area contributed by atoms with Crippen LogP contribution in [0, 0.1) is 13.8 Å². The molecule has 0 atom stereocenters. The first kappa shape index (κ1) is 14.9. The maximum Gasteiger partial charge on any atom is 0.252 e. The van der Waals surface area contributed by atoms with Crippen molar-refractivity contribution in [1.82, 2.24) is 14.9 Å². The van der Waals surface area contributed by atoms with E-state index in [1.807, 2.05) is 0 Å². The van der Waals surface area contributed by atoms with Crippen molar-refractivity contribution in [3.63, 3.8) is 0 Å². The zero-order chi connectivity index (χ0) is 18.4.